The number of aliphatic hydroxyl groups is 2. The SMILES string of the molecule is CC(=O)C1=C(C)O[C@@]2(O)c3ccccc3C[C@]12O. The van der Waals surface area contributed by atoms with Crippen LogP contribution < -0.4 is 0 Å². The maximum atomic E-state index is 11.7. The van der Waals surface area contributed by atoms with Crippen LogP contribution in [-0.2, 0) is 21.7 Å². The number of carbonyl (C=O) groups is 1. The largest absolute Gasteiger partial charge is 0.459 e. The topological polar surface area (TPSA) is 66.8 Å². The number of Topliss-reactive ketones (excluding diaryl/α,β-unsaturated/α-hetero) is 1. The lowest BCUT2D eigenvalue weighted by molar-refractivity contribution is -0.249. The molecule has 1 aromatic carbocycles. The average Bonchev–Trinajstić information content (AvgIpc) is 2.59. The van der Waals surface area contributed by atoms with E-state index in [1.807, 2.05) is 12.1 Å². The fourth-order valence-electron chi connectivity index (χ4n) is 3.12. The molecule has 2 atom stereocenters. The molecule has 1 heterocycles. The van der Waals surface area contributed by atoms with E-state index in [0.29, 0.717) is 11.3 Å². The first-order chi connectivity index (χ1) is 8.40. The predicted molar refractivity (Wildman–Crippen MR) is 63.5 cm³/mol. The monoisotopic (exact) mass is 246 g/mol. The van der Waals surface area contributed by atoms with Gasteiger partial charge in [-0.15, -0.1) is 0 Å². The van der Waals surface area contributed by atoms with Crippen molar-refractivity contribution < 1.29 is 19.7 Å². The van der Waals surface area contributed by atoms with E-state index in [1.54, 1.807) is 19.1 Å². The van der Waals surface area contributed by atoms with Gasteiger partial charge in [0.25, 0.3) is 5.79 Å². The molecule has 0 amide bonds. The lowest BCUT2D eigenvalue weighted by Crippen LogP contribution is -2.48. The van der Waals surface area contributed by atoms with Crippen LogP contribution >= 0.6 is 0 Å². The molecule has 0 fully saturated rings. The van der Waals surface area contributed by atoms with Gasteiger partial charge in [0.1, 0.15) is 5.76 Å². The van der Waals surface area contributed by atoms with Gasteiger partial charge in [-0.05, 0) is 19.4 Å². The van der Waals surface area contributed by atoms with Crippen LogP contribution in [0.2, 0.25) is 0 Å². The third-order valence-corrected chi connectivity index (χ3v) is 3.81. The zero-order valence-electron chi connectivity index (χ0n) is 10.2. The Labute approximate surface area is 105 Å². The molecule has 2 N–H and O–H groups in total. The van der Waals surface area contributed by atoms with Crippen molar-refractivity contribution >= 4 is 5.78 Å². The van der Waals surface area contributed by atoms with Gasteiger partial charge in [-0.25, -0.2) is 0 Å². The molecule has 0 saturated heterocycles. The van der Waals surface area contributed by atoms with Crippen LogP contribution in [0.4, 0.5) is 0 Å². The number of fused-ring (bicyclic) bond motifs is 3. The summed E-state index contributed by atoms with van der Waals surface area (Å²) in [7, 11) is 0. The number of allylic oxidation sites excluding steroid dienone is 1. The molecule has 0 spiro atoms. The molecule has 0 unspecified atom stereocenters. The van der Waals surface area contributed by atoms with Crippen molar-refractivity contribution in [2.24, 2.45) is 0 Å². The van der Waals surface area contributed by atoms with Crippen molar-refractivity contribution in [1.29, 1.82) is 0 Å². The number of hydrogen-bond acceptors (Lipinski definition) is 4. The van der Waals surface area contributed by atoms with E-state index < -0.39 is 11.4 Å². The van der Waals surface area contributed by atoms with Gasteiger partial charge >= 0.3 is 0 Å². The highest BCUT2D eigenvalue weighted by Gasteiger charge is 2.66. The molecule has 1 aliphatic carbocycles. The van der Waals surface area contributed by atoms with Crippen molar-refractivity contribution in [3.05, 3.63) is 46.7 Å². The fraction of sp³-hybridized carbons (Fsp3) is 0.357. The van der Waals surface area contributed by atoms with E-state index in [0.717, 1.165) is 5.56 Å². The second kappa shape index (κ2) is 3.22. The molecule has 2 aliphatic rings. The molecule has 94 valence electrons. The Bertz CT molecular complexity index is 589. The number of carbonyl (C=O) groups excluding carboxylic acids is 1. The van der Waals surface area contributed by atoms with Gasteiger partial charge < -0.3 is 14.9 Å². The summed E-state index contributed by atoms with van der Waals surface area (Å²) in [5.74, 6) is -1.82. The van der Waals surface area contributed by atoms with Gasteiger partial charge in [0.05, 0.1) is 5.57 Å². The Kier molecular flexibility index (Phi) is 2.04. The minimum atomic E-state index is -1.84. The molecular formula is C14H14O4. The first-order valence-corrected chi connectivity index (χ1v) is 5.84. The molecule has 0 aromatic heterocycles. The summed E-state index contributed by atoms with van der Waals surface area (Å²) in [5.41, 5.74) is -0.176. The summed E-state index contributed by atoms with van der Waals surface area (Å²) in [4.78, 5) is 11.7. The standard InChI is InChI=1S/C14H14O4/c1-8(15)12-9(2)18-14(17)11-6-4-3-5-10(11)7-13(12,14)16/h3-6,16-17H,7H2,1-2H3/t13-,14-/m0/s1. The third kappa shape index (κ3) is 1.09. The van der Waals surface area contributed by atoms with Crippen LogP contribution in [0.15, 0.2) is 35.6 Å². The number of ketones is 1. The zero-order chi connectivity index (χ0) is 13.1. The zero-order valence-corrected chi connectivity index (χ0v) is 10.2. The number of ether oxygens (including phenoxy) is 1. The Balaban J connectivity index is 2.23. The smallest absolute Gasteiger partial charge is 0.268 e. The summed E-state index contributed by atoms with van der Waals surface area (Å²) in [6, 6.07) is 7.13. The maximum Gasteiger partial charge on any atom is 0.268 e. The van der Waals surface area contributed by atoms with E-state index in [-0.39, 0.29) is 17.8 Å². The van der Waals surface area contributed by atoms with E-state index >= 15 is 0 Å². The van der Waals surface area contributed by atoms with Crippen LogP contribution in [0.25, 0.3) is 0 Å². The van der Waals surface area contributed by atoms with Crippen molar-refractivity contribution in [2.75, 3.05) is 0 Å². The molecule has 0 saturated carbocycles. The van der Waals surface area contributed by atoms with Crippen LogP contribution in [0.3, 0.4) is 0 Å². The van der Waals surface area contributed by atoms with Crippen molar-refractivity contribution in [2.45, 2.75) is 31.7 Å². The molecule has 3 rings (SSSR count). The first-order valence-electron chi connectivity index (χ1n) is 5.84. The predicted octanol–water partition coefficient (Wildman–Crippen LogP) is 1.01. The van der Waals surface area contributed by atoms with Gasteiger partial charge in [0.2, 0.25) is 0 Å². The van der Waals surface area contributed by atoms with Crippen LogP contribution in [0.5, 0.6) is 0 Å². The maximum absolute atomic E-state index is 11.7. The van der Waals surface area contributed by atoms with Crippen molar-refractivity contribution in [3.63, 3.8) is 0 Å². The Morgan fingerprint density at radius 3 is 2.67 bits per heavy atom. The second-order valence-corrected chi connectivity index (χ2v) is 4.93. The lowest BCUT2D eigenvalue weighted by atomic mass is 9.85. The van der Waals surface area contributed by atoms with Crippen LogP contribution in [0.1, 0.15) is 25.0 Å². The van der Waals surface area contributed by atoms with Crippen molar-refractivity contribution in [1.82, 2.24) is 0 Å². The molecule has 0 radical (unpaired) electrons. The molecule has 4 heteroatoms. The highest BCUT2D eigenvalue weighted by atomic mass is 16.7. The summed E-state index contributed by atoms with van der Waals surface area (Å²) < 4.78 is 5.44. The Morgan fingerprint density at radius 1 is 1.33 bits per heavy atom. The molecule has 0 bridgehead atoms. The number of benzene rings is 1. The first kappa shape index (κ1) is 11.4. The fourth-order valence-corrected chi connectivity index (χ4v) is 3.12. The molecule has 1 aromatic rings. The molecular weight excluding hydrogens is 232 g/mol. The average molecular weight is 246 g/mol. The number of hydrogen-bond donors (Lipinski definition) is 2. The Hall–Kier alpha value is -1.65. The minimum absolute atomic E-state index is 0.168. The molecule has 1 aliphatic heterocycles. The van der Waals surface area contributed by atoms with E-state index in [2.05, 4.69) is 0 Å². The summed E-state index contributed by atoms with van der Waals surface area (Å²) in [5, 5.41) is 21.4. The van der Waals surface area contributed by atoms with Crippen LogP contribution in [0, 0.1) is 0 Å². The second-order valence-electron chi connectivity index (χ2n) is 4.93. The van der Waals surface area contributed by atoms with Gasteiger partial charge in [-0.2, -0.15) is 0 Å². The van der Waals surface area contributed by atoms with E-state index in [1.165, 1.54) is 6.92 Å². The normalized spacial score (nSPS) is 33.1. The van der Waals surface area contributed by atoms with Gasteiger partial charge in [-0.3, -0.25) is 4.79 Å². The highest BCUT2D eigenvalue weighted by Crippen LogP contribution is 2.54. The van der Waals surface area contributed by atoms with E-state index in [4.69, 9.17) is 4.74 Å². The lowest BCUT2D eigenvalue weighted by Gasteiger charge is -2.31. The van der Waals surface area contributed by atoms with E-state index in [9.17, 15) is 15.0 Å². The van der Waals surface area contributed by atoms with Crippen molar-refractivity contribution in [3.8, 4) is 0 Å². The number of rotatable bonds is 1. The van der Waals surface area contributed by atoms with Crippen LogP contribution in [-0.4, -0.2) is 21.6 Å². The third-order valence-electron chi connectivity index (χ3n) is 3.81. The molecule has 18 heavy (non-hydrogen) atoms. The Morgan fingerprint density at radius 2 is 2.00 bits per heavy atom. The molecule has 4 nitrogen and oxygen atoms in total. The minimum Gasteiger partial charge on any atom is -0.459 e. The quantitative estimate of drug-likeness (QED) is 0.776. The van der Waals surface area contributed by atoms with Gasteiger partial charge in [-0.1, -0.05) is 24.3 Å². The summed E-state index contributed by atoms with van der Waals surface area (Å²) in [6.07, 6.45) is 0.186. The van der Waals surface area contributed by atoms with Gasteiger partial charge in [0, 0.05) is 12.0 Å². The summed E-state index contributed by atoms with van der Waals surface area (Å²) in [6.45, 7) is 2.96. The van der Waals surface area contributed by atoms with Gasteiger partial charge in [0.15, 0.2) is 11.4 Å². The summed E-state index contributed by atoms with van der Waals surface area (Å²) >= 11 is 0. The highest BCUT2D eigenvalue weighted by molar-refractivity contribution is 5.97.